The lowest BCUT2D eigenvalue weighted by molar-refractivity contribution is -0.153. The maximum Gasteiger partial charge on any atom is 0.303 e. The van der Waals surface area contributed by atoms with Crippen molar-refractivity contribution < 1.29 is 33.3 Å². The maximum atomic E-state index is 12.7. The molecule has 4 atom stereocenters. The highest BCUT2D eigenvalue weighted by Gasteiger charge is 2.49. The molecule has 2 aliphatic rings. The number of methoxy groups -OCH3 is 2. The van der Waals surface area contributed by atoms with Gasteiger partial charge in [-0.3, -0.25) is 14.4 Å². The van der Waals surface area contributed by atoms with Gasteiger partial charge in [-0.05, 0) is 37.0 Å². The smallest absolute Gasteiger partial charge is 0.303 e. The van der Waals surface area contributed by atoms with Gasteiger partial charge in [-0.2, -0.15) is 0 Å². The fourth-order valence-corrected chi connectivity index (χ4v) is 4.60. The Morgan fingerprint density at radius 3 is 2.50 bits per heavy atom. The van der Waals surface area contributed by atoms with Gasteiger partial charge in [-0.25, -0.2) is 0 Å². The van der Waals surface area contributed by atoms with Crippen molar-refractivity contribution in [3.63, 3.8) is 0 Å². The van der Waals surface area contributed by atoms with E-state index in [1.165, 1.54) is 6.92 Å². The Hall–Kier alpha value is -2.41. The summed E-state index contributed by atoms with van der Waals surface area (Å²) in [6.07, 6.45) is 3.17. The topological polar surface area (TPSA) is 88.1 Å². The first-order valence-corrected chi connectivity index (χ1v) is 10.5. The summed E-state index contributed by atoms with van der Waals surface area (Å²) < 4.78 is 21.8. The molecule has 0 spiro atoms. The van der Waals surface area contributed by atoms with Crippen LogP contribution < -0.4 is 9.47 Å². The average molecular weight is 418 g/mol. The van der Waals surface area contributed by atoms with Crippen molar-refractivity contribution in [1.29, 1.82) is 0 Å². The van der Waals surface area contributed by atoms with E-state index in [0.717, 1.165) is 31.2 Å². The number of hydrogen-bond donors (Lipinski definition) is 0. The van der Waals surface area contributed by atoms with Crippen LogP contribution in [0.15, 0.2) is 18.2 Å². The first-order chi connectivity index (χ1) is 14.4. The molecule has 7 heteroatoms. The van der Waals surface area contributed by atoms with E-state index in [1.807, 2.05) is 18.2 Å². The Morgan fingerprint density at radius 2 is 1.80 bits per heavy atom. The maximum absolute atomic E-state index is 12.7. The molecule has 7 nitrogen and oxygen atoms in total. The number of hydrogen-bond acceptors (Lipinski definition) is 7. The van der Waals surface area contributed by atoms with E-state index in [4.69, 9.17) is 18.9 Å². The molecule has 1 aromatic rings. The van der Waals surface area contributed by atoms with Gasteiger partial charge in [0.15, 0.2) is 23.4 Å². The number of rotatable bonds is 8. The summed E-state index contributed by atoms with van der Waals surface area (Å²) >= 11 is 0. The van der Waals surface area contributed by atoms with Crippen LogP contribution in [-0.4, -0.2) is 50.6 Å². The lowest BCUT2D eigenvalue weighted by Gasteiger charge is -2.34. The Morgan fingerprint density at radius 1 is 1.07 bits per heavy atom. The molecular weight excluding hydrogens is 388 g/mol. The van der Waals surface area contributed by atoms with Crippen LogP contribution in [0.3, 0.4) is 0 Å². The molecule has 2 fully saturated rings. The molecule has 0 heterocycles. The van der Waals surface area contributed by atoms with E-state index in [1.54, 1.807) is 14.2 Å². The Balaban J connectivity index is 1.62. The average Bonchev–Trinajstić information content (AvgIpc) is 3.00. The largest absolute Gasteiger partial charge is 0.493 e. The highest BCUT2D eigenvalue weighted by Crippen LogP contribution is 2.38. The molecule has 0 saturated heterocycles. The third-order valence-electron chi connectivity index (χ3n) is 6.02. The summed E-state index contributed by atoms with van der Waals surface area (Å²) in [5.41, 5.74) is 1.06. The second kappa shape index (κ2) is 10.1. The molecule has 164 valence electrons. The molecule has 0 aromatic heterocycles. The molecule has 0 amide bonds. The van der Waals surface area contributed by atoms with Gasteiger partial charge in [0.25, 0.3) is 0 Å². The van der Waals surface area contributed by atoms with E-state index in [-0.39, 0.29) is 30.0 Å². The molecule has 30 heavy (non-hydrogen) atoms. The van der Waals surface area contributed by atoms with Crippen LogP contribution in [0.4, 0.5) is 0 Å². The minimum atomic E-state index is -0.936. The van der Waals surface area contributed by atoms with Gasteiger partial charge in [0.2, 0.25) is 0 Å². The molecule has 0 radical (unpaired) electrons. The number of ketones is 2. The number of ether oxygens (including phenoxy) is 4. The summed E-state index contributed by atoms with van der Waals surface area (Å²) in [5.74, 6) is -0.458. The lowest BCUT2D eigenvalue weighted by Crippen LogP contribution is -2.39. The second-order valence-corrected chi connectivity index (χ2v) is 7.95. The van der Waals surface area contributed by atoms with Gasteiger partial charge in [0.1, 0.15) is 5.78 Å². The zero-order valence-electron chi connectivity index (χ0n) is 17.8. The fraction of sp³-hybridized carbons (Fsp3) is 0.609. The van der Waals surface area contributed by atoms with Crippen molar-refractivity contribution in [2.24, 2.45) is 11.8 Å². The molecule has 2 saturated carbocycles. The van der Waals surface area contributed by atoms with Crippen molar-refractivity contribution in [3.8, 4) is 11.5 Å². The monoisotopic (exact) mass is 418 g/mol. The summed E-state index contributed by atoms with van der Waals surface area (Å²) in [5, 5.41) is 0. The normalized spacial score (nSPS) is 26.5. The summed E-state index contributed by atoms with van der Waals surface area (Å²) in [6, 6.07) is 5.76. The van der Waals surface area contributed by atoms with E-state index >= 15 is 0 Å². The Kier molecular flexibility index (Phi) is 7.48. The third-order valence-corrected chi connectivity index (χ3v) is 6.02. The number of esters is 1. The second-order valence-electron chi connectivity index (χ2n) is 7.95. The molecule has 0 bridgehead atoms. The van der Waals surface area contributed by atoms with Crippen LogP contribution in [0.25, 0.3) is 0 Å². The van der Waals surface area contributed by atoms with Crippen molar-refractivity contribution in [2.75, 3.05) is 20.8 Å². The summed E-state index contributed by atoms with van der Waals surface area (Å²) in [6.45, 7) is 1.74. The van der Waals surface area contributed by atoms with Crippen LogP contribution in [-0.2, 0) is 30.3 Å². The molecule has 0 aliphatic heterocycles. The molecule has 3 rings (SSSR count). The minimum Gasteiger partial charge on any atom is -0.493 e. The van der Waals surface area contributed by atoms with Gasteiger partial charge in [-0.15, -0.1) is 0 Å². The highest BCUT2D eigenvalue weighted by atomic mass is 16.5. The Bertz CT molecular complexity index is 788. The molecule has 2 aliphatic carbocycles. The quantitative estimate of drug-likeness (QED) is 0.474. The summed E-state index contributed by atoms with van der Waals surface area (Å²) in [4.78, 5) is 36.5. The zero-order valence-corrected chi connectivity index (χ0v) is 17.8. The van der Waals surface area contributed by atoms with E-state index < -0.39 is 18.0 Å². The van der Waals surface area contributed by atoms with Crippen molar-refractivity contribution in [1.82, 2.24) is 0 Å². The number of carbonyl (C=O) groups excluding carboxylic acids is 3. The van der Waals surface area contributed by atoms with Crippen LogP contribution >= 0.6 is 0 Å². The lowest BCUT2D eigenvalue weighted by atomic mass is 9.76. The summed E-state index contributed by atoms with van der Waals surface area (Å²) in [7, 11) is 3.20. The van der Waals surface area contributed by atoms with Crippen LogP contribution in [0, 0.1) is 11.8 Å². The number of Topliss-reactive ketones (excluding diaryl/α,β-unsaturated/α-hetero) is 2. The van der Waals surface area contributed by atoms with Gasteiger partial charge < -0.3 is 18.9 Å². The van der Waals surface area contributed by atoms with E-state index in [0.29, 0.717) is 24.5 Å². The predicted octanol–water partition coefficient (Wildman–Crippen LogP) is 2.91. The van der Waals surface area contributed by atoms with Crippen LogP contribution in [0.1, 0.15) is 44.6 Å². The van der Waals surface area contributed by atoms with Crippen molar-refractivity contribution in [2.45, 2.75) is 57.7 Å². The molecular formula is C23H30O7. The first kappa shape index (κ1) is 22.3. The minimum absolute atomic E-state index is 0.0159. The van der Waals surface area contributed by atoms with Crippen LogP contribution in [0.5, 0.6) is 11.5 Å². The molecule has 1 unspecified atom stereocenters. The molecule has 0 N–H and O–H groups in total. The standard InChI is InChI=1S/C23H30O7/c1-14(24)30-21-13-17(25)22(23(21)26)16-6-4-5-7-18(16)29-11-10-15-8-9-19(27-2)20(12-15)28-3/h8-9,12,16,18,21-22H,4-7,10-11,13H2,1-3H3/t16-,18+,21-,22?/m0/s1. The molecule has 1 aromatic carbocycles. The number of benzene rings is 1. The first-order valence-electron chi connectivity index (χ1n) is 10.5. The number of carbonyl (C=O) groups is 3. The SMILES string of the molecule is COc1ccc(CCO[C@@H]2CCCC[C@@H]2C2C(=O)C[C@H](OC(C)=O)C2=O)cc1OC. The van der Waals surface area contributed by atoms with Gasteiger partial charge >= 0.3 is 5.97 Å². The Labute approximate surface area is 177 Å². The van der Waals surface area contributed by atoms with Gasteiger partial charge in [0, 0.05) is 12.8 Å². The van der Waals surface area contributed by atoms with Crippen molar-refractivity contribution >= 4 is 17.5 Å². The van der Waals surface area contributed by atoms with E-state index in [2.05, 4.69) is 0 Å². The zero-order chi connectivity index (χ0) is 21.7. The predicted molar refractivity (Wildman–Crippen MR) is 109 cm³/mol. The van der Waals surface area contributed by atoms with E-state index in [9.17, 15) is 14.4 Å². The van der Waals surface area contributed by atoms with Gasteiger partial charge in [-0.1, -0.05) is 18.9 Å². The fourth-order valence-electron chi connectivity index (χ4n) is 4.60. The van der Waals surface area contributed by atoms with Crippen LogP contribution in [0.2, 0.25) is 0 Å². The highest BCUT2D eigenvalue weighted by molar-refractivity contribution is 6.12. The van der Waals surface area contributed by atoms with Gasteiger partial charge in [0.05, 0.1) is 39.3 Å². The third kappa shape index (κ3) is 5.01. The van der Waals surface area contributed by atoms with Crippen molar-refractivity contribution in [3.05, 3.63) is 23.8 Å².